The van der Waals surface area contributed by atoms with Crippen LogP contribution >= 0.6 is 0 Å². The summed E-state index contributed by atoms with van der Waals surface area (Å²) in [6, 6.07) is 16.4. The Balaban J connectivity index is 1.60. The molecule has 0 saturated carbocycles. The number of H-pyrrole nitrogens is 1. The van der Waals surface area contributed by atoms with Crippen molar-refractivity contribution in [3.05, 3.63) is 87.9 Å². The van der Waals surface area contributed by atoms with Gasteiger partial charge in [-0.1, -0.05) is 42.5 Å². The molecule has 0 aliphatic carbocycles. The van der Waals surface area contributed by atoms with Crippen molar-refractivity contribution in [2.45, 2.75) is 0 Å². The summed E-state index contributed by atoms with van der Waals surface area (Å²) >= 11 is 0. The molecule has 4 rings (SSSR count). The van der Waals surface area contributed by atoms with Crippen LogP contribution in [0.25, 0.3) is 23.1 Å². The number of aromatic amines is 1. The summed E-state index contributed by atoms with van der Waals surface area (Å²) in [6.07, 6.45) is 5.05. The van der Waals surface area contributed by atoms with Gasteiger partial charge < -0.3 is 9.88 Å². The Morgan fingerprint density at radius 2 is 1.93 bits per heavy atom. The number of hydrogen-bond donors (Lipinski definition) is 2. The van der Waals surface area contributed by atoms with E-state index in [1.165, 1.54) is 16.8 Å². The van der Waals surface area contributed by atoms with Gasteiger partial charge in [0, 0.05) is 24.2 Å². The molecule has 8 nitrogen and oxygen atoms in total. The van der Waals surface area contributed by atoms with Gasteiger partial charge in [0.25, 0.3) is 11.6 Å². The summed E-state index contributed by atoms with van der Waals surface area (Å²) < 4.78 is 1.43. The first-order valence-electron chi connectivity index (χ1n) is 8.85. The maximum Gasteiger partial charge on any atom is 0.287 e. The van der Waals surface area contributed by atoms with Gasteiger partial charge in [-0.3, -0.25) is 20.0 Å². The van der Waals surface area contributed by atoms with E-state index < -0.39 is 10.8 Å². The van der Waals surface area contributed by atoms with E-state index in [2.05, 4.69) is 15.5 Å². The Bertz CT molecular complexity index is 1250. The Hall–Kier alpha value is -4.20. The number of anilines is 1. The van der Waals surface area contributed by atoms with Crippen molar-refractivity contribution in [1.29, 1.82) is 0 Å². The van der Waals surface area contributed by atoms with Crippen LogP contribution in [0.5, 0.6) is 0 Å². The molecule has 0 atom stereocenters. The van der Waals surface area contributed by atoms with Crippen LogP contribution in [0, 0.1) is 10.1 Å². The summed E-state index contributed by atoms with van der Waals surface area (Å²) in [6.45, 7) is 0. The number of carbonyl (C=O) groups is 1. The van der Waals surface area contributed by atoms with Crippen molar-refractivity contribution in [3.63, 3.8) is 0 Å². The number of carbonyl (C=O) groups excluding carboxylic acids is 1. The molecule has 144 valence electrons. The van der Waals surface area contributed by atoms with Crippen LogP contribution in [-0.2, 0) is 7.05 Å². The first kappa shape index (κ1) is 18.2. The van der Waals surface area contributed by atoms with E-state index in [9.17, 15) is 14.9 Å². The van der Waals surface area contributed by atoms with Gasteiger partial charge in [0.1, 0.15) is 5.69 Å². The largest absolute Gasteiger partial charge is 0.340 e. The van der Waals surface area contributed by atoms with E-state index in [1.54, 1.807) is 13.1 Å². The number of hydrogen-bond acceptors (Lipinski definition) is 4. The molecule has 2 aromatic carbocycles. The van der Waals surface area contributed by atoms with Crippen LogP contribution in [-0.4, -0.2) is 25.6 Å². The highest BCUT2D eigenvalue weighted by molar-refractivity contribution is 6.05. The number of benzene rings is 2. The second-order valence-electron chi connectivity index (χ2n) is 6.48. The number of nitro groups is 1. The van der Waals surface area contributed by atoms with E-state index in [0.29, 0.717) is 5.69 Å². The summed E-state index contributed by atoms with van der Waals surface area (Å²) in [5.74, 6) is -0.424. The fraction of sp³-hybridized carbons (Fsp3) is 0.0476. The topological polar surface area (TPSA) is 106 Å². The first-order chi connectivity index (χ1) is 14.0. The number of para-hydroxylation sites is 2. The summed E-state index contributed by atoms with van der Waals surface area (Å²) in [5.41, 5.74) is 3.19. The number of fused-ring (bicyclic) bond motifs is 1. The van der Waals surface area contributed by atoms with Crippen LogP contribution in [0.4, 0.5) is 11.4 Å². The smallest absolute Gasteiger partial charge is 0.287 e. The summed E-state index contributed by atoms with van der Waals surface area (Å²) in [5, 5.41) is 22.1. The highest BCUT2D eigenvalue weighted by atomic mass is 16.6. The third-order valence-corrected chi connectivity index (χ3v) is 4.56. The van der Waals surface area contributed by atoms with Gasteiger partial charge in [0.05, 0.1) is 22.3 Å². The average Bonchev–Trinajstić information content (AvgIpc) is 3.31. The molecule has 2 heterocycles. The zero-order chi connectivity index (χ0) is 20.4. The molecule has 0 bridgehead atoms. The fourth-order valence-corrected chi connectivity index (χ4v) is 3.10. The maximum atomic E-state index is 12.6. The number of aromatic nitrogens is 3. The minimum absolute atomic E-state index is 0.128. The van der Waals surface area contributed by atoms with Crippen molar-refractivity contribution in [1.82, 2.24) is 14.8 Å². The molecular weight excluding hydrogens is 370 g/mol. The standard InChI is InChI=1S/C21H17N5O3/c1-25-13-15(26(28)29)12-20(25)21(27)22-17-8-4-2-6-14(17)10-11-19-16-7-3-5-9-18(16)23-24-19/h2-13H,1H3,(H,22,27)(H,23,24)/b11-10+. The van der Waals surface area contributed by atoms with Crippen LogP contribution in [0.3, 0.4) is 0 Å². The molecule has 2 N–H and O–H groups in total. The monoisotopic (exact) mass is 387 g/mol. The molecule has 2 aromatic heterocycles. The Kier molecular flexibility index (Phi) is 4.66. The molecule has 0 unspecified atom stereocenters. The minimum Gasteiger partial charge on any atom is -0.340 e. The zero-order valence-corrected chi connectivity index (χ0v) is 15.5. The lowest BCUT2D eigenvalue weighted by Gasteiger charge is -2.08. The van der Waals surface area contributed by atoms with Gasteiger partial charge in [0.15, 0.2) is 0 Å². The highest BCUT2D eigenvalue weighted by Gasteiger charge is 2.18. The molecule has 0 radical (unpaired) electrons. The van der Waals surface area contributed by atoms with Gasteiger partial charge in [-0.2, -0.15) is 5.10 Å². The van der Waals surface area contributed by atoms with Crippen LogP contribution in [0.15, 0.2) is 60.8 Å². The van der Waals surface area contributed by atoms with Crippen molar-refractivity contribution in [2.24, 2.45) is 7.05 Å². The van der Waals surface area contributed by atoms with Crippen molar-refractivity contribution in [3.8, 4) is 0 Å². The second kappa shape index (κ2) is 7.43. The molecule has 0 saturated heterocycles. The molecule has 0 fully saturated rings. The lowest BCUT2D eigenvalue weighted by molar-refractivity contribution is -0.384. The van der Waals surface area contributed by atoms with Crippen molar-refractivity contribution in [2.75, 3.05) is 5.32 Å². The SMILES string of the molecule is Cn1cc([N+](=O)[O-])cc1C(=O)Nc1ccccc1/C=C/c1n[nH]c2ccccc12. The first-order valence-corrected chi connectivity index (χ1v) is 8.85. The normalized spacial score (nSPS) is 11.2. The molecule has 0 spiro atoms. The molecule has 4 aromatic rings. The van der Waals surface area contributed by atoms with Gasteiger partial charge in [0.2, 0.25) is 0 Å². The third kappa shape index (κ3) is 3.63. The molecule has 1 amide bonds. The molecule has 29 heavy (non-hydrogen) atoms. The second-order valence-corrected chi connectivity index (χ2v) is 6.48. The number of aryl methyl sites for hydroxylation is 1. The van der Waals surface area contributed by atoms with E-state index in [-0.39, 0.29) is 11.4 Å². The van der Waals surface area contributed by atoms with Crippen LogP contribution < -0.4 is 5.32 Å². The van der Waals surface area contributed by atoms with Crippen molar-refractivity contribution >= 4 is 40.3 Å². The van der Waals surface area contributed by atoms with Crippen molar-refractivity contribution < 1.29 is 9.72 Å². The predicted molar refractivity (Wildman–Crippen MR) is 111 cm³/mol. The van der Waals surface area contributed by atoms with E-state index in [0.717, 1.165) is 22.2 Å². The lowest BCUT2D eigenvalue weighted by Crippen LogP contribution is -2.15. The number of rotatable bonds is 5. The number of nitrogens with zero attached hydrogens (tertiary/aromatic N) is 3. The Labute approximate surface area is 165 Å². The number of amides is 1. The highest BCUT2D eigenvalue weighted by Crippen LogP contribution is 2.22. The van der Waals surface area contributed by atoms with Crippen LogP contribution in [0.1, 0.15) is 21.7 Å². The number of nitrogens with one attached hydrogen (secondary N) is 2. The van der Waals surface area contributed by atoms with Gasteiger partial charge in [-0.05, 0) is 23.8 Å². The molecule has 0 aliphatic heterocycles. The van der Waals surface area contributed by atoms with Gasteiger partial charge in [-0.15, -0.1) is 0 Å². The van der Waals surface area contributed by atoms with Gasteiger partial charge >= 0.3 is 0 Å². The van der Waals surface area contributed by atoms with Gasteiger partial charge in [-0.25, -0.2) is 0 Å². The van der Waals surface area contributed by atoms with E-state index >= 15 is 0 Å². The summed E-state index contributed by atoms with van der Waals surface area (Å²) in [4.78, 5) is 23.0. The fourth-order valence-electron chi connectivity index (χ4n) is 3.10. The summed E-state index contributed by atoms with van der Waals surface area (Å²) in [7, 11) is 1.59. The Morgan fingerprint density at radius 3 is 2.72 bits per heavy atom. The Morgan fingerprint density at radius 1 is 1.17 bits per heavy atom. The van der Waals surface area contributed by atoms with E-state index in [4.69, 9.17) is 0 Å². The quantitative estimate of drug-likeness (QED) is 0.395. The predicted octanol–water partition coefficient (Wildman–Crippen LogP) is 4.23. The molecular formula is C21H17N5O3. The third-order valence-electron chi connectivity index (χ3n) is 4.56. The molecule has 0 aliphatic rings. The zero-order valence-electron chi connectivity index (χ0n) is 15.5. The van der Waals surface area contributed by atoms with Crippen LogP contribution in [0.2, 0.25) is 0 Å². The van der Waals surface area contributed by atoms with E-state index in [1.807, 2.05) is 54.6 Å². The average molecular weight is 387 g/mol. The minimum atomic E-state index is -0.526. The lowest BCUT2D eigenvalue weighted by atomic mass is 10.1. The maximum absolute atomic E-state index is 12.6. The molecule has 8 heteroatoms.